The van der Waals surface area contributed by atoms with E-state index in [1.807, 2.05) is 0 Å². The van der Waals surface area contributed by atoms with Crippen molar-refractivity contribution >= 4 is 18.0 Å². The van der Waals surface area contributed by atoms with Crippen LogP contribution in [0.4, 0.5) is 15.3 Å². The number of benzene rings is 1. The second kappa shape index (κ2) is 102. The number of nitrogens with zero attached hydrogens (tertiary/aromatic N) is 5. The van der Waals surface area contributed by atoms with E-state index in [0.29, 0.717) is 6.61 Å². The van der Waals surface area contributed by atoms with Crippen molar-refractivity contribution in [1.82, 2.24) is 19.6 Å². The Kier molecular flexibility index (Phi) is 99.1. The van der Waals surface area contributed by atoms with Gasteiger partial charge in [0.15, 0.2) is 0 Å². The highest BCUT2D eigenvalue weighted by Gasteiger charge is 2.19. The molecule has 1 aromatic carbocycles. The summed E-state index contributed by atoms with van der Waals surface area (Å²) in [6.45, 7) is 22.2. The first-order valence-corrected chi connectivity index (χ1v) is 52.3. The van der Waals surface area contributed by atoms with Gasteiger partial charge in [0, 0.05) is 51.4 Å². The van der Waals surface area contributed by atoms with Crippen LogP contribution in [0.5, 0.6) is 5.75 Å². The minimum Gasteiger partial charge on any atom is -0.433 e. The van der Waals surface area contributed by atoms with Crippen molar-refractivity contribution in [1.29, 1.82) is 0 Å². The molecule has 0 fully saturated rings. The van der Waals surface area contributed by atoms with Crippen LogP contribution < -0.4 is 4.74 Å². The molecule has 0 atom stereocenters. The first-order valence-electron chi connectivity index (χ1n) is 52.3. The first-order chi connectivity index (χ1) is 60.8. The van der Waals surface area contributed by atoms with Crippen LogP contribution in [-0.4, -0.2) is 148 Å². The van der Waals surface area contributed by atoms with Crippen molar-refractivity contribution in [2.45, 2.75) is 465 Å². The van der Waals surface area contributed by atoms with E-state index in [2.05, 4.69) is 187 Å². The third-order valence-electron chi connectivity index (χ3n) is 23.1. The molecule has 1 rings (SSSR count). The van der Waals surface area contributed by atoms with Crippen molar-refractivity contribution in [3.8, 4) is 5.75 Å². The molecule has 0 aromatic heterocycles. The molecule has 0 aliphatic rings. The van der Waals surface area contributed by atoms with Crippen LogP contribution in [0, 0.1) is 10.1 Å². The van der Waals surface area contributed by atoms with Crippen molar-refractivity contribution in [2.75, 3.05) is 93.8 Å². The van der Waals surface area contributed by atoms with Gasteiger partial charge < -0.3 is 33.9 Å². The zero-order chi connectivity index (χ0) is 90.6. The molecule has 0 aliphatic carbocycles. The molecular formula is C110H201N5O9. The fraction of sp³-hybridized carbons (Fsp3) is 0.782. The molecule has 0 unspecified atom stereocenters. The second-order valence-electron chi connectivity index (χ2n) is 35.7. The fourth-order valence-electron chi connectivity index (χ4n) is 15.0. The van der Waals surface area contributed by atoms with Crippen LogP contribution in [0.2, 0.25) is 0 Å². The predicted molar refractivity (Wildman–Crippen MR) is 540 cm³/mol. The summed E-state index contributed by atoms with van der Waals surface area (Å²) < 4.78 is 22.8. The molecule has 0 aliphatic heterocycles. The SMILES string of the molecule is CCCCC/C=C\C/C=C\CCCCCCCCC(CCCCCCCC/C=C\C/C=C\CCCCC)OC(=O)OCCN(CCCCCCCC)CCN(C)C.CCCCC/C=C\C/C=C\CCCCCCCCC(CCCCCCCC/C=C\C/C=C\CCCCC)OC(=O)Oc1ccc([N+](=O)[O-])cc1.CCCCCCCCN(CCO)CCN(C)C. The summed E-state index contributed by atoms with van der Waals surface area (Å²) in [6.07, 6.45) is 114. The summed E-state index contributed by atoms with van der Waals surface area (Å²) in [6, 6.07) is 5.52. The second-order valence-corrected chi connectivity index (χ2v) is 35.7. The number of non-ortho nitro benzene ring substituents is 1. The number of carbonyl (C=O) groups excluding carboxylic acids is 2. The van der Waals surface area contributed by atoms with Crippen molar-refractivity contribution < 1.29 is 38.6 Å². The largest absolute Gasteiger partial charge is 0.514 e. The molecule has 0 saturated carbocycles. The van der Waals surface area contributed by atoms with Gasteiger partial charge in [0.2, 0.25) is 0 Å². The van der Waals surface area contributed by atoms with E-state index in [1.165, 1.54) is 332 Å². The predicted octanol–water partition coefficient (Wildman–Crippen LogP) is 33.2. The van der Waals surface area contributed by atoms with Crippen molar-refractivity contribution in [2.24, 2.45) is 0 Å². The van der Waals surface area contributed by atoms with E-state index in [4.69, 9.17) is 24.1 Å². The normalized spacial score (nSPS) is 12.1. The minimum atomic E-state index is -0.732. The summed E-state index contributed by atoms with van der Waals surface area (Å²) in [7, 11) is 8.45. The van der Waals surface area contributed by atoms with Crippen molar-refractivity contribution in [3.63, 3.8) is 0 Å². The molecule has 0 amide bonds. The molecule has 14 nitrogen and oxygen atoms in total. The van der Waals surface area contributed by atoms with E-state index in [9.17, 15) is 19.7 Å². The number of unbranched alkanes of at least 4 members (excludes halogenated alkanes) is 46. The molecule has 0 saturated heterocycles. The molecule has 1 aromatic rings. The Morgan fingerprint density at radius 2 is 0.565 bits per heavy atom. The highest BCUT2D eigenvalue weighted by molar-refractivity contribution is 5.64. The highest BCUT2D eigenvalue weighted by atomic mass is 16.7. The van der Waals surface area contributed by atoms with Gasteiger partial charge in [-0.1, -0.05) is 357 Å². The van der Waals surface area contributed by atoms with Crippen LogP contribution >= 0.6 is 0 Å². The Morgan fingerprint density at radius 1 is 0.315 bits per heavy atom. The Bertz CT molecular complexity index is 2520. The molecule has 720 valence electrons. The van der Waals surface area contributed by atoms with E-state index in [-0.39, 0.29) is 30.3 Å². The third kappa shape index (κ3) is 96.0. The van der Waals surface area contributed by atoms with Gasteiger partial charge in [-0.3, -0.25) is 19.9 Å². The Balaban J connectivity index is 0. The minimum absolute atomic E-state index is 0.0258. The number of nitro benzene ring substituents is 1. The number of likely N-dealkylation sites (N-methyl/N-ethyl adjacent to an activating group) is 2. The molecule has 0 radical (unpaired) electrons. The van der Waals surface area contributed by atoms with Crippen molar-refractivity contribution in [3.05, 3.63) is 132 Å². The van der Waals surface area contributed by atoms with Gasteiger partial charge in [0.1, 0.15) is 24.6 Å². The van der Waals surface area contributed by atoms with Gasteiger partial charge in [-0.25, -0.2) is 9.59 Å². The summed E-state index contributed by atoms with van der Waals surface area (Å²) >= 11 is 0. The summed E-state index contributed by atoms with van der Waals surface area (Å²) in [5, 5.41) is 19.9. The van der Waals surface area contributed by atoms with Crippen LogP contribution in [0.3, 0.4) is 0 Å². The lowest BCUT2D eigenvalue weighted by Gasteiger charge is -2.24. The number of allylic oxidation sites excluding steroid dienone is 16. The topological polar surface area (TPSA) is 147 Å². The van der Waals surface area contributed by atoms with Gasteiger partial charge in [-0.15, -0.1) is 0 Å². The van der Waals surface area contributed by atoms with E-state index in [0.717, 1.165) is 155 Å². The number of carbonyl (C=O) groups is 2. The maximum Gasteiger partial charge on any atom is 0.514 e. The zero-order valence-corrected chi connectivity index (χ0v) is 83.0. The maximum atomic E-state index is 12.9. The number of aliphatic hydroxyl groups excluding tert-OH is 1. The van der Waals surface area contributed by atoms with Crippen LogP contribution in [-0.2, 0) is 14.2 Å². The number of aliphatic hydroxyl groups is 1. The van der Waals surface area contributed by atoms with Crippen LogP contribution in [0.15, 0.2) is 121 Å². The summed E-state index contributed by atoms with van der Waals surface area (Å²) in [5.74, 6) is 0.252. The summed E-state index contributed by atoms with van der Waals surface area (Å²) in [4.78, 5) is 45.2. The lowest BCUT2D eigenvalue weighted by molar-refractivity contribution is -0.384. The summed E-state index contributed by atoms with van der Waals surface area (Å²) in [5.41, 5.74) is -0.0432. The van der Waals surface area contributed by atoms with Crippen LogP contribution in [0.25, 0.3) is 0 Å². The highest BCUT2D eigenvalue weighted by Crippen LogP contribution is 2.24. The third-order valence-corrected chi connectivity index (χ3v) is 23.1. The van der Waals surface area contributed by atoms with Crippen LogP contribution in [0.1, 0.15) is 452 Å². The van der Waals surface area contributed by atoms with Gasteiger partial charge in [0.05, 0.1) is 11.5 Å². The maximum absolute atomic E-state index is 12.9. The Labute approximate surface area is 767 Å². The van der Waals surface area contributed by atoms with Gasteiger partial charge >= 0.3 is 12.3 Å². The Morgan fingerprint density at radius 3 is 0.847 bits per heavy atom. The number of ether oxygens (including phenoxy) is 4. The average Bonchev–Trinajstić information content (AvgIpc) is 0.885. The first kappa shape index (κ1) is 121. The lowest BCUT2D eigenvalue weighted by atomic mass is 10.0. The zero-order valence-electron chi connectivity index (χ0n) is 83.0. The molecule has 1 N–H and O–H groups in total. The molecule has 124 heavy (non-hydrogen) atoms. The molecule has 14 heteroatoms. The molecule has 0 spiro atoms. The monoisotopic (exact) mass is 1740 g/mol. The molecule has 0 heterocycles. The van der Waals surface area contributed by atoms with E-state index < -0.39 is 17.2 Å². The van der Waals surface area contributed by atoms with E-state index in [1.54, 1.807) is 0 Å². The number of nitro groups is 1. The quantitative estimate of drug-likeness (QED) is 0.0165. The fourth-order valence-corrected chi connectivity index (χ4v) is 15.0. The molecular weight excluding hydrogens is 1540 g/mol. The average molecular weight is 1740 g/mol. The van der Waals surface area contributed by atoms with Gasteiger partial charge in [0.25, 0.3) is 5.69 Å². The standard InChI is InChI=1S/C52H98N2O3.C44H71NO5.C14H32N2O/c1-6-9-12-15-18-20-22-24-26-28-30-32-34-36-38-41-44-51(45-42-39-37-35-33-31-29-27-25-23-21-19-16-13-10-7-2)57-52(55)56-50-49-54(48-47-53(4)5)46-43-40-17-14-11-8-3;1-3-5-7-9-11-13-15-17-19-21-23-25-27-29-31-33-35-42(49-44(46)50-43-39-37-41(38-40-43)45(47)48)36-34-32-30-28-26-24-22-20-18-16-14-12-10-8-6-4-2;1-4-5-6-7-8-9-10-16(13-14-17)12-11-15(2)3/h18-21,24-27,51H,6-17,22-23,28-50H2,1-5H3;11-14,17-20,37-40,42H,3-10,15-16,21-36H2,1-2H3;17H,4-14H2,1-3H3/b20-18-,21-19-,26-24-,27-25-;13-11-,14-12-,19-17-,20-18-;. The lowest BCUT2D eigenvalue weighted by Crippen LogP contribution is -2.35. The number of hydrogen-bond donors (Lipinski definition) is 1. The Hall–Kier alpha value is -5.12. The smallest absolute Gasteiger partial charge is 0.433 e. The number of rotatable bonds is 89. The number of hydrogen-bond acceptors (Lipinski definition) is 13. The van der Waals surface area contributed by atoms with Gasteiger partial charge in [-0.2, -0.15) is 0 Å². The van der Waals surface area contributed by atoms with E-state index >= 15 is 0 Å². The van der Waals surface area contributed by atoms with Gasteiger partial charge in [-0.05, 0) is 246 Å². The molecule has 0 bridgehead atoms.